The van der Waals surface area contributed by atoms with Gasteiger partial charge < -0.3 is 14.5 Å². The molecule has 1 N–H and O–H groups in total. The fourth-order valence-corrected chi connectivity index (χ4v) is 2.03. The van der Waals surface area contributed by atoms with Crippen LogP contribution in [-0.4, -0.2) is 25.2 Å². The van der Waals surface area contributed by atoms with Gasteiger partial charge in [-0.3, -0.25) is 0 Å². The third-order valence-electron chi connectivity index (χ3n) is 2.60. The molecule has 2 aromatic rings. The normalized spacial score (nSPS) is 10.9. The van der Waals surface area contributed by atoms with E-state index in [1.165, 1.54) is 12.5 Å². The van der Waals surface area contributed by atoms with Gasteiger partial charge in [-0.25, -0.2) is 9.37 Å². The van der Waals surface area contributed by atoms with Gasteiger partial charge in [-0.1, -0.05) is 0 Å². The summed E-state index contributed by atoms with van der Waals surface area (Å²) >= 11 is 3.16. The summed E-state index contributed by atoms with van der Waals surface area (Å²) in [6.45, 7) is 1.94. The Labute approximate surface area is 119 Å². The molecule has 0 aliphatic carbocycles. The van der Waals surface area contributed by atoms with Crippen molar-refractivity contribution < 1.29 is 13.5 Å². The van der Waals surface area contributed by atoms with E-state index >= 15 is 0 Å². The van der Waals surface area contributed by atoms with Gasteiger partial charge in [-0.2, -0.15) is 0 Å². The summed E-state index contributed by atoms with van der Waals surface area (Å²) in [5, 5.41) is 3.19. The second kappa shape index (κ2) is 6.79. The van der Waals surface area contributed by atoms with Gasteiger partial charge in [0.25, 0.3) is 0 Å². The van der Waals surface area contributed by atoms with Crippen LogP contribution >= 0.6 is 15.9 Å². The number of nitrogens with one attached hydrogen (secondary N) is 1. The van der Waals surface area contributed by atoms with E-state index < -0.39 is 0 Å². The van der Waals surface area contributed by atoms with Gasteiger partial charge in [-0.05, 0) is 34.1 Å². The van der Waals surface area contributed by atoms with E-state index in [4.69, 9.17) is 9.15 Å². The van der Waals surface area contributed by atoms with Crippen LogP contribution < -0.4 is 5.32 Å². The molecule has 1 aromatic carbocycles. The standard InChI is InChI=1S/C13H14BrFN2O2/c1-18-5-4-16-7-12-13(19-8-17-12)9-2-3-11(15)10(14)6-9/h2-3,6,8,16H,4-5,7H2,1H3. The molecular formula is C13H14BrFN2O2. The summed E-state index contributed by atoms with van der Waals surface area (Å²) in [6.07, 6.45) is 1.39. The Morgan fingerprint density at radius 2 is 2.32 bits per heavy atom. The molecule has 0 saturated carbocycles. The Morgan fingerprint density at radius 1 is 1.47 bits per heavy atom. The average Bonchev–Trinajstić information content (AvgIpc) is 2.86. The van der Waals surface area contributed by atoms with Gasteiger partial charge in [0.1, 0.15) is 11.5 Å². The van der Waals surface area contributed by atoms with Gasteiger partial charge in [0.05, 0.1) is 11.1 Å². The molecule has 0 bridgehead atoms. The zero-order valence-electron chi connectivity index (χ0n) is 10.5. The molecule has 19 heavy (non-hydrogen) atoms. The molecule has 0 amide bonds. The number of oxazole rings is 1. The van der Waals surface area contributed by atoms with Gasteiger partial charge in [0.2, 0.25) is 0 Å². The lowest BCUT2D eigenvalue weighted by atomic mass is 10.1. The molecule has 0 atom stereocenters. The van der Waals surface area contributed by atoms with Crippen molar-refractivity contribution in [2.24, 2.45) is 0 Å². The lowest BCUT2D eigenvalue weighted by Gasteiger charge is -2.04. The Morgan fingerprint density at radius 3 is 3.05 bits per heavy atom. The highest BCUT2D eigenvalue weighted by Gasteiger charge is 2.12. The molecule has 4 nitrogen and oxygen atoms in total. The number of hydrogen-bond donors (Lipinski definition) is 1. The summed E-state index contributed by atoms with van der Waals surface area (Å²) in [6, 6.07) is 4.73. The summed E-state index contributed by atoms with van der Waals surface area (Å²) in [5.41, 5.74) is 1.57. The van der Waals surface area contributed by atoms with E-state index in [0.717, 1.165) is 17.8 Å². The van der Waals surface area contributed by atoms with Crippen LogP contribution in [0.3, 0.4) is 0 Å². The van der Waals surface area contributed by atoms with Crippen LogP contribution in [0.2, 0.25) is 0 Å². The molecule has 0 radical (unpaired) electrons. The maximum Gasteiger partial charge on any atom is 0.181 e. The highest BCUT2D eigenvalue weighted by Crippen LogP contribution is 2.27. The molecule has 0 aliphatic heterocycles. The summed E-state index contributed by atoms with van der Waals surface area (Å²) < 4.78 is 23.9. The Hall–Kier alpha value is -1.24. The Kier molecular flexibility index (Phi) is 5.07. The largest absolute Gasteiger partial charge is 0.443 e. The second-order valence-corrected chi connectivity index (χ2v) is 4.78. The SMILES string of the molecule is COCCNCc1ncoc1-c1ccc(F)c(Br)c1. The van der Waals surface area contributed by atoms with E-state index in [0.29, 0.717) is 23.4 Å². The zero-order chi connectivity index (χ0) is 13.7. The number of rotatable bonds is 6. The van der Waals surface area contributed by atoms with Gasteiger partial charge in [0, 0.05) is 25.8 Å². The minimum absolute atomic E-state index is 0.303. The topological polar surface area (TPSA) is 47.3 Å². The quantitative estimate of drug-likeness (QED) is 0.828. The molecule has 0 spiro atoms. The first-order chi connectivity index (χ1) is 9.22. The van der Waals surface area contributed by atoms with Crippen LogP contribution in [0.15, 0.2) is 33.5 Å². The average molecular weight is 329 g/mol. The third kappa shape index (κ3) is 3.62. The Balaban J connectivity index is 2.12. The molecule has 102 valence electrons. The van der Waals surface area contributed by atoms with E-state index in [1.807, 2.05) is 0 Å². The molecule has 6 heteroatoms. The number of ether oxygens (including phenoxy) is 1. The monoisotopic (exact) mass is 328 g/mol. The fraction of sp³-hybridized carbons (Fsp3) is 0.308. The van der Waals surface area contributed by atoms with Crippen molar-refractivity contribution in [3.05, 3.63) is 40.6 Å². The molecular weight excluding hydrogens is 315 g/mol. The molecule has 0 fully saturated rings. The minimum atomic E-state index is -0.303. The van der Waals surface area contributed by atoms with Gasteiger partial charge >= 0.3 is 0 Å². The Bertz CT molecular complexity index is 545. The highest BCUT2D eigenvalue weighted by molar-refractivity contribution is 9.10. The number of halogens is 2. The van der Waals surface area contributed by atoms with Crippen molar-refractivity contribution in [1.29, 1.82) is 0 Å². The number of nitrogens with zero attached hydrogens (tertiary/aromatic N) is 1. The van der Waals surface area contributed by atoms with Crippen molar-refractivity contribution in [2.75, 3.05) is 20.3 Å². The van der Waals surface area contributed by atoms with Crippen molar-refractivity contribution in [1.82, 2.24) is 10.3 Å². The number of methoxy groups -OCH3 is 1. The first-order valence-corrected chi connectivity index (χ1v) is 6.59. The molecule has 0 unspecified atom stereocenters. The van der Waals surface area contributed by atoms with E-state index in [-0.39, 0.29) is 5.82 Å². The smallest absolute Gasteiger partial charge is 0.181 e. The van der Waals surface area contributed by atoms with E-state index in [1.54, 1.807) is 19.2 Å². The lowest BCUT2D eigenvalue weighted by Crippen LogP contribution is -2.19. The molecule has 2 rings (SSSR count). The third-order valence-corrected chi connectivity index (χ3v) is 3.21. The van der Waals surface area contributed by atoms with E-state index in [2.05, 4.69) is 26.2 Å². The predicted octanol–water partition coefficient (Wildman–Crippen LogP) is 2.98. The molecule has 0 saturated heterocycles. The van der Waals surface area contributed by atoms with Crippen LogP contribution in [-0.2, 0) is 11.3 Å². The first-order valence-electron chi connectivity index (χ1n) is 5.80. The highest BCUT2D eigenvalue weighted by atomic mass is 79.9. The van der Waals surface area contributed by atoms with Gasteiger partial charge in [-0.15, -0.1) is 0 Å². The lowest BCUT2D eigenvalue weighted by molar-refractivity contribution is 0.199. The van der Waals surface area contributed by atoms with Crippen molar-refractivity contribution >= 4 is 15.9 Å². The van der Waals surface area contributed by atoms with Crippen LogP contribution in [0.5, 0.6) is 0 Å². The summed E-state index contributed by atoms with van der Waals surface area (Å²) in [4.78, 5) is 4.16. The first kappa shape index (κ1) is 14.2. The molecule has 1 aromatic heterocycles. The minimum Gasteiger partial charge on any atom is -0.443 e. The molecule has 1 heterocycles. The van der Waals surface area contributed by atoms with Crippen LogP contribution in [0.25, 0.3) is 11.3 Å². The maximum atomic E-state index is 13.2. The van der Waals surface area contributed by atoms with Crippen LogP contribution in [0.4, 0.5) is 4.39 Å². The van der Waals surface area contributed by atoms with Crippen molar-refractivity contribution in [3.63, 3.8) is 0 Å². The maximum absolute atomic E-state index is 13.2. The summed E-state index contributed by atoms with van der Waals surface area (Å²) in [7, 11) is 1.65. The van der Waals surface area contributed by atoms with Crippen molar-refractivity contribution in [3.8, 4) is 11.3 Å². The molecule has 0 aliphatic rings. The van der Waals surface area contributed by atoms with Gasteiger partial charge in [0.15, 0.2) is 12.2 Å². The zero-order valence-corrected chi connectivity index (χ0v) is 12.0. The predicted molar refractivity (Wildman–Crippen MR) is 73.2 cm³/mol. The van der Waals surface area contributed by atoms with E-state index in [9.17, 15) is 4.39 Å². The van der Waals surface area contributed by atoms with Crippen LogP contribution in [0, 0.1) is 5.82 Å². The number of benzene rings is 1. The fourth-order valence-electron chi connectivity index (χ4n) is 1.65. The number of aromatic nitrogens is 1. The second-order valence-electron chi connectivity index (χ2n) is 3.93. The van der Waals surface area contributed by atoms with Crippen molar-refractivity contribution in [2.45, 2.75) is 6.54 Å². The van der Waals surface area contributed by atoms with Crippen LogP contribution in [0.1, 0.15) is 5.69 Å². The summed E-state index contributed by atoms with van der Waals surface area (Å²) in [5.74, 6) is 0.341. The number of hydrogen-bond acceptors (Lipinski definition) is 4.